The Morgan fingerprint density at radius 3 is 2.73 bits per heavy atom. The molecule has 2 saturated carbocycles. The van der Waals surface area contributed by atoms with E-state index in [0.717, 1.165) is 35.7 Å². The van der Waals surface area contributed by atoms with Crippen LogP contribution < -0.4 is 4.74 Å². The van der Waals surface area contributed by atoms with Crippen LogP contribution in [0.3, 0.4) is 0 Å². The Kier molecular flexibility index (Phi) is 5.02. The van der Waals surface area contributed by atoms with Crippen LogP contribution in [-0.4, -0.2) is 12.9 Å². The van der Waals surface area contributed by atoms with E-state index in [1.807, 2.05) is 37.3 Å². The van der Waals surface area contributed by atoms with Gasteiger partial charge in [-0.1, -0.05) is 25.1 Å². The molecule has 2 fully saturated rings. The zero-order valence-electron chi connectivity index (χ0n) is 13.5. The summed E-state index contributed by atoms with van der Waals surface area (Å²) in [5, 5.41) is 0. The third kappa shape index (κ3) is 3.82. The number of rotatable bonds is 7. The smallest absolute Gasteiger partial charge is 0.196 e. The first-order chi connectivity index (χ1) is 10.7. The molecule has 2 bridgehead atoms. The van der Waals surface area contributed by atoms with E-state index in [9.17, 15) is 0 Å². The highest BCUT2D eigenvalue weighted by Crippen LogP contribution is 2.49. The topological polar surface area (TPSA) is 18.5 Å². The van der Waals surface area contributed by atoms with Gasteiger partial charge in [-0.15, -0.1) is 5.73 Å². The molecule has 0 radical (unpaired) electrons. The molecule has 2 aliphatic carbocycles. The molecule has 3 rings (SSSR count). The van der Waals surface area contributed by atoms with E-state index in [1.54, 1.807) is 0 Å². The van der Waals surface area contributed by atoms with Gasteiger partial charge in [-0.05, 0) is 74.1 Å². The second kappa shape index (κ2) is 7.17. The molecule has 0 aliphatic heterocycles. The van der Waals surface area contributed by atoms with Crippen LogP contribution in [0, 0.1) is 17.8 Å². The van der Waals surface area contributed by atoms with E-state index in [-0.39, 0.29) is 6.29 Å². The van der Waals surface area contributed by atoms with Crippen LogP contribution in [0.15, 0.2) is 36.6 Å². The molecule has 0 N–H and O–H groups in total. The van der Waals surface area contributed by atoms with Gasteiger partial charge >= 0.3 is 0 Å². The zero-order chi connectivity index (χ0) is 15.4. The molecule has 2 nitrogen and oxygen atoms in total. The first-order valence-corrected chi connectivity index (χ1v) is 8.48. The lowest BCUT2D eigenvalue weighted by Gasteiger charge is -2.22. The van der Waals surface area contributed by atoms with Crippen molar-refractivity contribution in [2.24, 2.45) is 17.8 Å². The molecule has 0 heterocycles. The summed E-state index contributed by atoms with van der Waals surface area (Å²) in [5.74, 6) is 3.74. The molecule has 4 unspecified atom stereocenters. The standard InChI is InChI=1S/C20H26O2/c1-3-4-16-6-9-20(10-7-16)22-15(2)21-12-11-19-14-17-5-8-18(19)13-17/h4,6-7,9-10,15,17-19H,1,5,8,11-14H2,2H3. The summed E-state index contributed by atoms with van der Waals surface area (Å²) in [4.78, 5) is 0. The van der Waals surface area contributed by atoms with E-state index < -0.39 is 0 Å². The first-order valence-electron chi connectivity index (χ1n) is 8.48. The van der Waals surface area contributed by atoms with Crippen LogP contribution in [0.4, 0.5) is 0 Å². The van der Waals surface area contributed by atoms with Crippen LogP contribution in [0.25, 0.3) is 6.08 Å². The minimum atomic E-state index is -0.195. The Bertz CT molecular complexity index is 527. The summed E-state index contributed by atoms with van der Waals surface area (Å²) in [5.41, 5.74) is 3.85. The number of hydrogen-bond donors (Lipinski definition) is 0. The van der Waals surface area contributed by atoms with Crippen molar-refractivity contribution >= 4 is 6.08 Å². The molecule has 0 saturated heterocycles. The van der Waals surface area contributed by atoms with Crippen LogP contribution in [0.2, 0.25) is 0 Å². The fourth-order valence-electron chi connectivity index (χ4n) is 4.10. The summed E-state index contributed by atoms with van der Waals surface area (Å²) in [7, 11) is 0. The van der Waals surface area contributed by atoms with E-state index in [2.05, 4.69) is 12.3 Å². The van der Waals surface area contributed by atoms with Crippen molar-refractivity contribution in [1.82, 2.24) is 0 Å². The maximum atomic E-state index is 5.84. The van der Waals surface area contributed by atoms with Gasteiger partial charge in [0.15, 0.2) is 6.29 Å². The summed E-state index contributed by atoms with van der Waals surface area (Å²) in [6, 6.07) is 7.91. The quantitative estimate of drug-likeness (QED) is 0.518. The number of hydrogen-bond acceptors (Lipinski definition) is 2. The van der Waals surface area contributed by atoms with Gasteiger partial charge in [0.05, 0.1) is 6.61 Å². The highest BCUT2D eigenvalue weighted by Gasteiger charge is 2.38. The number of fused-ring (bicyclic) bond motifs is 2. The second-order valence-corrected chi connectivity index (χ2v) is 6.70. The molecule has 0 amide bonds. The number of ether oxygens (including phenoxy) is 2. The van der Waals surface area contributed by atoms with Gasteiger partial charge in [-0.2, -0.15) is 0 Å². The Hall–Kier alpha value is -1.50. The summed E-state index contributed by atoms with van der Waals surface area (Å²) < 4.78 is 11.6. The normalized spacial score (nSPS) is 27.4. The van der Waals surface area contributed by atoms with Gasteiger partial charge in [0.25, 0.3) is 0 Å². The lowest BCUT2D eigenvalue weighted by atomic mass is 9.87. The maximum Gasteiger partial charge on any atom is 0.196 e. The van der Waals surface area contributed by atoms with E-state index in [1.165, 1.54) is 32.1 Å². The van der Waals surface area contributed by atoms with Crippen LogP contribution in [0.5, 0.6) is 5.75 Å². The summed E-state index contributed by atoms with van der Waals surface area (Å²) in [6.45, 7) is 6.36. The molecule has 118 valence electrons. The third-order valence-corrected chi connectivity index (χ3v) is 5.18. The van der Waals surface area contributed by atoms with Crippen molar-refractivity contribution in [3.8, 4) is 5.75 Å². The predicted octanol–water partition coefficient (Wildman–Crippen LogP) is 5.05. The van der Waals surface area contributed by atoms with Crippen LogP contribution in [0.1, 0.15) is 44.6 Å². The van der Waals surface area contributed by atoms with E-state index in [0.29, 0.717) is 0 Å². The highest BCUT2D eigenvalue weighted by molar-refractivity contribution is 5.49. The summed E-state index contributed by atoms with van der Waals surface area (Å²) in [6.07, 6.45) is 8.67. The van der Waals surface area contributed by atoms with Gasteiger partial charge in [0, 0.05) is 0 Å². The molecular formula is C20H26O2. The molecule has 4 atom stereocenters. The van der Waals surface area contributed by atoms with E-state index in [4.69, 9.17) is 9.47 Å². The largest absolute Gasteiger partial charge is 0.465 e. The summed E-state index contributed by atoms with van der Waals surface area (Å²) >= 11 is 0. The Morgan fingerprint density at radius 2 is 2.09 bits per heavy atom. The van der Waals surface area contributed by atoms with Gasteiger partial charge < -0.3 is 9.47 Å². The lowest BCUT2D eigenvalue weighted by Crippen LogP contribution is -2.20. The van der Waals surface area contributed by atoms with Crippen molar-refractivity contribution in [2.45, 2.75) is 45.3 Å². The van der Waals surface area contributed by atoms with Crippen LogP contribution >= 0.6 is 0 Å². The molecule has 0 spiro atoms. The fourth-order valence-corrected chi connectivity index (χ4v) is 4.10. The molecule has 2 heteroatoms. The average molecular weight is 298 g/mol. The van der Waals surface area contributed by atoms with Gasteiger partial charge in [-0.3, -0.25) is 0 Å². The van der Waals surface area contributed by atoms with Crippen molar-refractivity contribution < 1.29 is 9.47 Å². The monoisotopic (exact) mass is 298 g/mol. The third-order valence-electron chi connectivity index (χ3n) is 5.18. The SMILES string of the molecule is C=C=Cc1ccc(OC(C)OCCC2CC3CCC2C3)cc1. The Labute approximate surface area is 133 Å². The Morgan fingerprint density at radius 1 is 1.27 bits per heavy atom. The lowest BCUT2D eigenvalue weighted by molar-refractivity contribution is -0.0716. The van der Waals surface area contributed by atoms with Gasteiger partial charge in [0.1, 0.15) is 5.75 Å². The van der Waals surface area contributed by atoms with E-state index >= 15 is 0 Å². The molecular weight excluding hydrogens is 272 g/mol. The molecule has 1 aromatic carbocycles. The average Bonchev–Trinajstić information content (AvgIpc) is 3.12. The van der Waals surface area contributed by atoms with Gasteiger partial charge in [-0.25, -0.2) is 0 Å². The maximum absolute atomic E-state index is 5.84. The number of benzene rings is 1. The first kappa shape index (κ1) is 15.4. The van der Waals surface area contributed by atoms with Crippen molar-refractivity contribution in [3.05, 3.63) is 42.1 Å². The van der Waals surface area contributed by atoms with Crippen molar-refractivity contribution in [3.63, 3.8) is 0 Å². The predicted molar refractivity (Wildman–Crippen MR) is 89.6 cm³/mol. The molecule has 1 aromatic rings. The Balaban J connectivity index is 1.38. The molecule has 22 heavy (non-hydrogen) atoms. The zero-order valence-corrected chi connectivity index (χ0v) is 13.5. The van der Waals surface area contributed by atoms with Crippen LogP contribution in [-0.2, 0) is 4.74 Å². The van der Waals surface area contributed by atoms with Crippen molar-refractivity contribution in [2.75, 3.05) is 6.61 Å². The molecule has 0 aromatic heterocycles. The van der Waals surface area contributed by atoms with Gasteiger partial charge in [0.2, 0.25) is 0 Å². The minimum Gasteiger partial charge on any atom is -0.465 e. The fraction of sp³-hybridized carbons (Fsp3) is 0.550. The van der Waals surface area contributed by atoms with Crippen molar-refractivity contribution in [1.29, 1.82) is 0 Å². The minimum absolute atomic E-state index is 0.195. The second-order valence-electron chi connectivity index (χ2n) is 6.70. The molecule has 2 aliphatic rings. The highest BCUT2D eigenvalue weighted by atomic mass is 16.7.